The third kappa shape index (κ3) is 4.61. The number of rotatable bonds is 7. The van der Waals surface area contributed by atoms with E-state index in [0.29, 0.717) is 6.42 Å². The van der Waals surface area contributed by atoms with Crippen LogP contribution in [-0.2, 0) is 9.59 Å². The van der Waals surface area contributed by atoms with Gasteiger partial charge in [0.05, 0.1) is 5.54 Å². The number of hydrogen-bond acceptors (Lipinski definition) is 3. The van der Waals surface area contributed by atoms with Gasteiger partial charge in [-0.05, 0) is 27.3 Å². The van der Waals surface area contributed by atoms with Crippen LogP contribution in [0.25, 0.3) is 0 Å². The van der Waals surface area contributed by atoms with E-state index >= 15 is 0 Å². The van der Waals surface area contributed by atoms with E-state index in [0.717, 1.165) is 12.8 Å². The van der Waals surface area contributed by atoms with Gasteiger partial charge in [0.15, 0.2) is 0 Å². The lowest BCUT2D eigenvalue weighted by Crippen LogP contribution is -2.55. The van der Waals surface area contributed by atoms with Crippen molar-refractivity contribution in [3.63, 3.8) is 0 Å². The Kier molecular flexibility index (Phi) is 6.03. The average molecular weight is 230 g/mol. The molecule has 0 bridgehead atoms. The normalized spacial score (nSPS) is 13.2. The number of carboxylic acid groups (broad SMARTS) is 1. The number of unbranched alkanes of at least 4 members (excludes halogenated alkanes) is 1. The SMILES string of the molecule is CCCCC(NC(=O)C(C)(C)NC)C(=O)O. The van der Waals surface area contributed by atoms with Crippen molar-refractivity contribution in [2.75, 3.05) is 7.05 Å². The number of aliphatic carboxylic acids is 1. The Balaban J connectivity index is 4.40. The van der Waals surface area contributed by atoms with E-state index in [9.17, 15) is 9.59 Å². The monoisotopic (exact) mass is 230 g/mol. The molecule has 0 saturated carbocycles. The molecule has 5 heteroatoms. The van der Waals surface area contributed by atoms with Crippen molar-refractivity contribution in [1.29, 1.82) is 0 Å². The van der Waals surface area contributed by atoms with Gasteiger partial charge in [0.25, 0.3) is 0 Å². The molecule has 0 aliphatic heterocycles. The molecule has 0 aliphatic rings. The number of likely N-dealkylation sites (N-methyl/N-ethyl adjacent to an activating group) is 1. The lowest BCUT2D eigenvalue weighted by Gasteiger charge is -2.25. The second kappa shape index (κ2) is 6.48. The summed E-state index contributed by atoms with van der Waals surface area (Å²) in [5.41, 5.74) is -0.750. The predicted octanol–water partition coefficient (Wildman–Crippen LogP) is 0.744. The lowest BCUT2D eigenvalue weighted by molar-refractivity contribution is -0.142. The van der Waals surface area contributed by atoms with Gasteiger partial charge in [0.2, 0.25) is 5.91 Å². The fourth-order valence-corrected chi connectivity index (χ4v) is 1.12. The van der Waals surface area contributed by atoms with Crippen LogP contribution in [-0.4, -0.2) is 35.6 Å². The van der Waals surface area contributed by atoms with Crippen molar-refractivity contribution in [3.8, 4) is 0 Å². The molecule has 1 unspecified atom stereocenters. The van der Waals surface area contributed by atoms with Crippen molar-refractivity contribution in [1.82, 2.24) is 10.6 Å². The summed E-state index contributed by atoms with van der Waals surface area (Å²) in [6.07, 6.45) is 2.17. The third-order valence-electron chi connectivity index (χ3n) is 2.64. The summed E-state index contributed by atoms with van der Waals surface area (Å²) in [7, 11) is 1.67. The quantitative estimate of drug-likeness (QED) is 0.603. The Bertz CT molecular complexity index is 252. The molecule has 16 heavy (non-hydrogen) atoms. The number of carbonyl (C=O) groups excluding carboxylic acids is 1. The van der Waals surface area contributed by atoms with Crippen molar-refractivity contribution < 1.29 is 14.7 Å². The van der Waals surface area contributed by atoms with Crippen molar-refractivity contribution >= 4 is 11.9 Å². The van der Waals surface area contributed by atoms with Gasteiger partial charge >= 0.3 is 5.97 Å². The summed E-state index contributed by atoms with van der Waals surface area (Å²) in [5, 5.41) is 14.3. The van der Waals surface area contributed by atoms with Crippen LogP contribution in [0.15, 0.2) is 0 Å². The molecule has 0 aromatic heterocycles. The topological polar surface area (TPSA) is 78.4 Å². The third-order valence-corrected chi connectivity index (χ3v) is 2.64. The van der Waals surface area contributed by atoms with Crippen LogP contribution in [0, 0.1) is 0 Å². The first-order valence-corrected chi connectivity index (χ1v) is 5.57. The summed E-state index contributed by atoms with van der Waals surface area (Å²) in [5.74, 6) is -1.27. The molecule has 94 valence electrons. The molecular weight excluding hydrogens is 208 g/mol. The molecule has 0 spiro atoms. The maximum atomic E-state index is 11.7. The zero-order chi connectivity index (χ0) is 12.8. The summed E-state index contributed by atoms with van der Waals surface area (Å²) < 4.78 is 0. The zero-order valence-corrected chi connectivity index (χ0v) is 10.5. The molecule has 0 heterocycles. The molecule has 3 N–H and O–H groups in total. The van der Waals surface area contributed by atoms with Gasteiger partial charge in [-0.15, -0.1) is 0 Å². The van der Waals surface area contributed by atoms with Crippen LogP contribution < -0.4 is 10.6 Å². The summed E-state index contributed by atoms with van der Waals surface area (Å²) in [6, 6.07) is -0.792. The van der Waals surface area contributed by atoms with E-state index in [-0.39, 0.29) is 5.91 Å². The molecule has 1 amide bonds. The highest BCUT2D eigenvalue weighted by Crippen LogP contribution is 2.05. The second-order valence-electron chi connectivity index (χ2n) is 4.38. The standard InChI is InChI=1S/C11H22N2O3/c1-5-6-7-8(9(14)15)13-10(16)11(2,3)12-4/h8,12H,5-7H2,1-4H3,(H,13,16)(H,14,15). The Morgan fingerprint density at radius 2 is 1.94 bits per heavy atom. The Morgan fingerprint density at radius 1 is 1.38 bits per heavy atom. The van der Waals surface area contributed by atoms with Crippen molar-refractivity contribution in [3.05, 3.63) is 0 Å². The van der Waals surface area contributed by atoms with Crippen LogP contribution in [0.2, 0.25) is 0 Å². The van der Waals surface area contributed by atoms with E-state index in [2.05, 4.69) is 10.6 Å². The molecular formula is C11H22N2O3. The summed E-state index contributed by atoms with van der Waals surface area (Å²) in [4.78, 5) is 22.7. The fourth-order valence-electron chi connectivity index (χ4n) is 1.12. The van der Waals surface area contributed by atoms with Crippen LogP contribution in [0.3, 0.4) is 0 Å². The minimum Gasteiger partial charge on any atom is -0.480 e. The molecule has 1 atom stereocenters. The summed E-state index contributed by atoms with van der Waals surface area (Å²) >= 11 is 0. The molecule has 5 nitrogen and oxygen atoms in total. The van der Waals surface area contributed by atoms with Crippen LogP contribution in [0.1, 0.15) is 40.0 Å². The first-order valence-electron chi connectivity index (χ1n) is 5.57. The smallest absolute Gasteiger partial charge is 0.326 e. The number of carboxylic acids is 1. The van der Waals surface area contributed by atoms with Gasteiger partial charge in [-0.1, -0.05) is 19.8 Å². The first kappa shape index (κ1) is 14.9. The number of carbonyl (C=O) groups is 2. The van der Waals surface area contributed by atoms with Crippen LogP contribution >= 0.6 is 0 Å². The highest BCUT2D eigenvalue weighted by Gasteiger charge is 2.29. The molecule has 0 saturated heterocycles. The van der Waals surface area contributed by atoms with Crippen molar-refractivity contribution in [2.24, 2.45) is 0 Å². The van der Waals surface area contributed by atoms with Crippen LogP contribution in [0.4, 0.5) is 0 Å². The van der Waals surface area contributed by atoms with Crippen LogP contribution in [0.5, 0.6) is 0 Å². The number of nitrogens with one attached hydrogen (secondary N) is 2. The van der Waals surface area contributed by atoms with E-state index in [1.807, 2.05) is 6.92 Å². The van der Waals surface area contributed by atoms with E-state index < -0.39 is 17.6 Å². The zero-order valence-electron chi connectivity index (χ0n) is 10.5. The Morgan fingerprint density at radius 3 is 2.31 bits per heavy atom. The van der Waals surface area contributed by atoms with Crippen molar-refractivity contribution in [2.45, 2.75) is 51.6 Å². The number of hydrogen-bond donors (Lipinski definition) is 3. The fraction of sp³-hybridized carbons (Fsp3) is 0.818. The van der Waals surface area contributed by atoms with Gasteiger partial charge in [0, 0.05) is 0 Å². The van der Waals surface area contributed by atoms with Gasteiger partial charge in [-0.2, -0.15) is 0 Å². The number of amides is 1. The average Bonchev–Trinajstić information content (AvgIpc) is 2.23. The largest absolute Gasteiger partial charge is 0.480 e. The molecule has 0 aromatic rings. The summed E-state index contributed by atoms with van der Waals surface area (Å²) in [6.45, 7) is 5.40. The Labute approximate surface area is 96.6 Å². The maximum absolute atomic E-state index is 11.7. The van der Waals surface area contributed by atoms with E-state index in [1.54, 1.807) is 20.9 Å². The first-order chi connectivity index (χ1) is 7.35. The Hall–Kier alpha value is -1.10. The van der Waals surface area contributed by atoms with E-state index in [4.69, 9.17) is 5.11 Å². The minimum absolute atomic E-state index is 0.293. The van der Waals surface area contributed by atoms with Gasteiger partial charge in [0.1, 0.15) is 6.04 Å². The molecule has 0 aromatic carbocycles. The predicted molar refractivity (Wildman–Crippen MR) is 62.2 cm³/mol. The second-order valence-corrected chi connectivity index (χ2v) is 4.38. The highest BCUT2D eigenvalue weighted by molar-refractivity contribution is 5.89. The maximum Gasteiger partial charge on any atom is 0.326 e. The van der Waals surface area contributed by atoms with Gasteiger partial charge in [-0.25, -0.2) is 4.79 Å². The minimum atomic E-state index is -0.978. The molecule has 0 rings (SSSR count). The molecule has 0 radical (unpaired) electrons. The lowest BCUT2D eigenvalue weighted by atomic mass is 10.0. The highest BCUT2D eigenvalue weighted by atomic mass is 16.4. The molecule has 0 fully saturated rings. The van der Waals surface area contributed by atoms with Gasteiger partial charge < -0.3 is 15.7 Å². The van der Waals surface area contributed by atoms with Gasteiger partial charge in [-0.3, -0.25) is 4.79 Å². The molecule has 0 aliphatic carbocycles. The van der Waals surface area contributed by atoms with E-state index in [1.165, 1.54) is 0 Å².